The molecule has 5 N–H and O–H groups in total. The van der Waals surface area contributed by atoms with Crippen LogP contribution in [0.3, 0.4) is 0 Å². The van der Waals surface area contributed by atoms with Crippen LogP contribution in [0, 0.1) is 23.2 Å². The summed E-state index contributed by atoms with van der Waals surface area (Å²) >= 11 is 0. The number of carboxylic acids is 1. The maximum absolute atomic E-state index is 13.1. The topological polar surface area (TPSA) is 154 Å². The number of fused-ring (bicyclic) bond motifs is 5. The average Bonchev–Trinajstić information content (AvgIpc) is 3.42. The van der Waals surface area contributed by atoms with Crippen LogP contribution in [0.15, 0.2) is 18.2 Å². The van der Waals surface area contributed by atoms with E-state index in [1.165, 1.54) is 11.1 Å². The Morgan fingerprint density at radius 3 is 2.26 bits per heavy atom. The monoisotopic (exact) mass is 782 g/mol. The number of hydrogen-bond acceptors (Lipinski definition) is 8. The number of unbranched alkanes of at least 4 members (excludes halogenated alkanes) is 6. The second-order valence-electron chi connectivity index (χ2n) is 16.0. The van der Waals surface area contributed by atoms with Crippen LogP contribution in [0.2, 0.25) is 0 Å². The summed E-state index contributed by atoms with van der Waals surface area (Å²) in [6, 6.07) is 5.69. The second kappa shape index (κ2) is 17.5. The van der Waals surface area contributed by atoms with E-state index in [4.69, 9.17) is 9.47 Å². The van der Waals surface area contributed by atoms with Crippen LogP contribution in [-0.2, 0) is 31.5 Å². The lowest BCUT2D eigenvalue weighted by Gasteiger charge is -2.54. The van der Waals surface area contributed by atoms with Crippen LogP contribution in [0.25, 0.3) is 0 Å². The zero-order valence-corrected chi connectivity index (χ0v) is 31.0. The van der Waals surface area contributed by atoms with Gasteiger partial charge in [0.05, 0.1) is 6.10 Å². The summed E-state index contributed by atoms with van der Waals surface area (Å²) in [4.78, 5) is 11.7. The van der Waals surface area contributed by atoms with Gasteiger partial charge in [-0.2, -0.15) is 22.0 Å². The molecule has 1 aliphatic heterocycles. The highest BCUT2D eigenvalue weighted by molar-refractivity contribution is 7.84. The van der Waals surface area contributed by atoms with Gasteiger partial charge in [-0.05, 0) is 104 Å². The number of benzene rings is 1. The molecule has 12 unspecified atom stereocenters. The predicted octanol–water partition coefficient (Wildman–Crippen LogP) is 6.60. The summed E-state index contributed by atoms with van der Waals surface area (Å²) in [5.74, 6) is -4.48. The maximum Gasteiger partial charge on any atom is 0.453 e. The van der Waals surface area contributed by atoms with Crippen molar-refractivity contribution in [2.75, 3.05) is 11.5 Å². The first-order valence-corrected chi connectivity index (χ1v) is 20.6. The van der Waals surface area contributed by atoms with Crippen LogP contribution in [0.5, 0.6) is 5.75 Å². The number of aliphatic carboxylic acids is 1. The molecule has 3 fully saturated rings. The van der Waals surface area contributed by atoms with Crippen molar-refractivity contribution in [3.05, 3.63) is 29.3 Å². The minimum atomic E-state index is -5.58. The number of phenols is 1. The summed E-state index contributed by atoms with van der Waals surface area (Å²) in [5, 5.41) is 51.0. The van der Waals surface area contributed by atoms with Gasteiger partial charge in [-0.25, -0.2) is 4.79 Å². The molecule has 12 atom stereocenters. The Kier molecular flexibility index (Phi) is 13.9. The van der Waals surface area contributed by atoms with E-state index in [0.717, 1.165) is 70.6 Å². The fourth-order valence-electron chi connectivity index (χ4n) is 9.81. The Morgan fingerprint density at radius 1 is 0.925 bits per heavy atom. The van der Waals surface area contributed by atoms with Gasteiger partial charge in [0.2, 0.25) is 0 Å². The minimum absolute atomic E-state index is 0.160. The Balaban J connectivity index is 1.11. The number of ether oxygens (including phenoxy) is 2. The molecular weight excluding hydrogens is 727 g/mol. The van der Waals surface area contributed by atoms with Crippen LogP contribution in [-0.4, -0.2) is 96.1 Å². The summed E-state index contributed by atoms with van der Waals surface area (Å²) in [7, 11) is -1.41. The van der Waals surface area contributed by atoms with Crippen molar-refractivity contribution in [1.82, 2.24) is 0 Å². The molecule has 1 saturated heterocycles. The van der Waals surface area contributed by atoms with Gasteiger partial charge in [0.1, 0.15) is 24.1 Å². The first-order chi connectivity index (χ1) is 24.9. The van der Waals surface area contributed by atoms with E-state index in [0.29, 0.717) is 36.3 Å². The number of halogens is 5. The number of aliphatic hydroxyl groups is 3. The van der Waals surface area contributed by atoms with Crippen molar-refractivity contribution < 1.29 is 66.0 Å². The number of hydrogen-bond donors (Lipinski definition) is 5. The molecule has 0 spiro atoms. The molecule has 302 valence electrons. The number of carbonyl (C=O) groups is 1. The molecule has 5 rings (SSSR count). The molecule has 0 amide bonds. The fourth-order valence-corrected chi connectivity index (χ4v) is 11.0. The summed E-state index contributed by atoms with van der Waals surface area (Å²) in [6.07, 6.45) is -4.32. The smallest absolute Gasteiger partial charge is 0.453 e. The van der Waals surface area contributed by atoms with Crippen LogP contribution in [0.4, 0.5) is 22.0 Å². The zero-order valence-electron chi connectivity index (χ0n) is 30.2. The quantitative estimate of drug-likeness (QED) is 0.0870. The molecule has 1 aromatic carbocycles. The molecule has 4 aliphatic rings. The molecule has 1 aromatic rings. The lowest BCUT2D eigenvalue weighted by atomic mass is 9.52. The van der Waals surface area contributed by atoms with Gasteiger partial charge in [0, 0.05) is 28.7 Å². The van der Waals surface area contributed by atoms with Crippen LogP contribution in [0.1, 0.15) is 114 Å². The number of alkyl halides is 5. The van der Waals surface area contributed by atoms with Gasteiger partial charge < -0.3 is 35.0 Å². The van der Waals surface area contributed by atoms with Crippen molar-refractivity contribution in [2.45, 2.75) is 158 Å². The molecule has 1 heterocycles. The van der Waals surface area contributed by atoms with E-state index in [9.17, 15) is 56.5 Å². The Hall–Kier alpha value is -1.91. The van der Waals surface area contributed by atoms with Crippen molar-refractivity contribution >= 4 is 16.8 Å². The Bertz CT molecular complexity index is 1410. The molecule has 2 saturated carbocycles. The molecule has 0 aromatic heterocycles. The normalized spacial score (nSPS) is 35.0. The van der Waals surface area contributed by atoms with Crippen molar-refractivity contribution in [3.63, 3.8) is 0 Å². The van der Waals surface area contributed by atoms with Crippen molar-refractivity contribution in [2.24, 2.45) is 23.2 Å². The van der Waals surface area contributed by atoms with Gasteiger partial charge in [0.25, 0.3) is 0 Å². The Morgan fingerprint density at radius 2 is 1.58 bits per heavy atom. The van der Waals surface area contributed by atoms with Crippen molar-refractivity contribution in [1.29, 1.82) is 0 Å². The molecule has 0 bridgehead atoms. The largest absolute Gasteiger partial charge is 0.508 e. The fraction of sp³-hybridized carbons (Fsp3) is 0.816. The molecule has 15 heteroatoms. The summed E-state index contributed by atoms with van der Waals surface area (Å²) in [5.41, 5.74) is 2.18. The maximum atomic E-state index is 13.1. The highest BCUT2D eigenvalue weighted by atomic mass is 32.2. The van der Waals surface area contributed by atoms with E-state index in [-0.39, 0.29) is 28.9 Å². The predicted molar refractivity (Wildman–Crippen MR) is 186 cm³/mol. The van der Waals surface area contributed by atoms with Crippen molar-refractivity contribution in [3.8, 4) is 5.75 Å². The minimum Gasteiger partial charge on any atom is -0.508 e. The lowest BCUT2D eigenvalue weighted by Crippen LogP contribution is -2.61. The number of aromatic hydroxyl groups is 1. The van der Waals surface area contributed by atoms with Gasteiger partial charge in [-0.1, -0.05) is 51.5 Å². The highest BCUT2D eigenvalue weighted by Crippen LogP contribution is 2.63. The SMILES string of the molecule is CC12CCC3c4ccc(O)cc4CC(CCCCCCCCCS(=O)CCCC(F)(F)C(F)(F)F)C3C1CCC2OC1OC(C(=O)O)C(O)C(O)C1O. The molecule has 3 aliphatic carbocycles. The summed E-state index contributed by atoms with van der Waals surface area (Å²) in [6.45, 7) is 2.20. The Labute approximate surface area is 310 Å². The van der Waals surface area contributed by atoms with Gasteiger partial charge in [-0.3, -0.25) is 4.21 Å². The third kappa shape index (κ3) is 9.56. The van der Waals surface area contributed by atoms with Gasteiger partial charge >= 0.3 is 18.1 Å². The number of aliphatic hydroxyl groups excluding tert-OH is 3. The van der Waals surface area contributed by atoms with Crippen LogP contribution < -0.4 is 0 Å². The highest BCUT2D eigenvalue weighted by Gasteiger charge is 2.59. The lowest BCUT2D eigenvalue weighted by molar-refractivity contribution is -0.312. The van der Waals surface area contributed by atoms with E-state index < -0.39 is 72.4 Å². The average molecular weight is 783 g/mol. The first-order valence-electron chi connectivity index (χ1n) is 19.1. The zero-order chi connectivity index (χ0) is 38.7. The number of phenolic OH excluding ortho intramolecular Hbond substituents is 1. The number of carboxylic acid groups (broad SMARTS) is 1. The van der Waals surface area contributed by atoms with E-state index >= 15 is 0 Å². The van der Waals surface area contributed by atoms with Gasteiger partial charge in [0.15, 0.2) is 12.4 Å². The molecule has 53 heavy (non-hydrogen) atoms. The van der Waals surface area contributed by atoms with E-state index in [2.05, 4.69) is 13.0 Å². The summed E-state index contributed by atoms with van der Waals surface area (Å²) < 4.78 is 86.9. The standard InChI is InChI=1S/C38H55F5O9S/c1-36-17-15-26-25-12-11-24(44)21-23(25)20-22(10-7-5-3-2-4-6-8-18-53(50)19-9-16-37(39,40)38(41,42)43)29(26)27(36)13-14-28(36)51-35-32(47)30(45)31(46)33(52-35)34(48)49/h11-12,21-22,26-33,35,44-47H,2-10,13-20H2,1H3,(H,48,49). The van der Waals surface area contributed by atoms with Crippen LogP contribution >= 0.6 is 0 Å². The second-order valence-corrected chi connectivity index (χ2v) is 17.7. The first kappa shape index (κ1) is 42.2. The molecule has 0 radical (unpaired) electrons. The molecule has 9 nitrogen and oxygen atoms in total. The van der Waals surface area contributed by atoms with Gasteiger partial charge in [-0.15, -0.1) is 0 Å². The van der Waals surface area contributed by atoms with E-state index in [1.54, 1.807) is 6.07 Å². The number of rotatable bonds is 17. The van der Waals surface area contributed by atoms with E-state index in [1.807, 2.05) is 6.07 Å². The third-order valence-corrected chi connectivity index (χ3v) is 14.1. The molecular formula is C38H55F5O9S. The third-order valence-electron chi connectivity index (χ3n) is 12.6.